The van der Waals surface area contributed by atoms with Gasteiger partial charge in [-0.1, -0.05) is 31.5 Å². The van der Waals surface area contributed by atoms with Crippen molar-refractivity contribution in [2.75, 3.05) is 17.7 Å². The lowest BCUT2D eigenvalue weighted by atomic mass is 10.1. The van der Waals surface area contributed by atoms with Gasteiger partial charge in [-0.2, -0.15) is 5.10 Å². The van der Waals surface area contributed by atoms with Crippen LogP contribution in [-0.4, -0.2) is 32.3 Å². The summed E-state index contributed by atoms with van der Waals surface area (Å²) in [4.78, 5) is 35.2. The molecule has 4 N–H and O–H groups in total. The Hall–Kier alpha value is -4.44. The van der Waals surface area contributed by atoms with Crippen molar-refractivity contribution >= 4 is 39.7 Å². The van der Waals surface area contributed by atoms with Crippen molar-refractivity contribution in [1.29, 1.82) is 0 Å². The quantitative estimate of drug-likeness (QED) is 0.221. The van der Waals surface area contributed by atoms with Gasteiger partial charge >= 0.3 is 0 Å². The van der Waals surface area contributed by atoms with Crippen LogP contribution in [0.15, 0.2) is 59.4 Å². The summed E-state index contributed by atoms with van der Waals surface area (Å²) in [6.07, 6.45) is 2.23. The number of nitrogens with zero attached hydrogens (tertiary/aromatic N) is 3. The molecule has 0 spiro atoms. The van der Waals surface area contributed by atoms with Gasteiger partial charge in [-0.25, -0.2) is 4.98 Å². The molecule has 3 aromatic heterocycles. The number of aromatic amines is 1. The van der Waals surface area contributed by atoms with Crippen molar-refractivity contribution in [2.45, 2.75) is 33.1 Å². The first-order chi connectivity index (χ1) is 18.9. The van der Waals surface area contributed by atoms with Crippen LogP contribution in [0.3, 0.4) is 0 Å². The molecular formula is C29H30N6O3S. The minimum Gasteiger partial charge on any atom is -0.493 e. The molecule has 0 aliphatic rings. The zero-order valence-electron chi connectivity index (χ0n) is 22.1. The van der Waals surface area contributed by atoms with E-state index in [9.17, 15) is 9.59 Å². The van der Waals surface area contributed by atoms with Crippen LogP contribution in [0, 0.1) is 0 Å². The Morgan fingerprint density at radius 3 is 2.74 bits per heavy atom. The van der Waals surface area contributed by atoms with E-state index in [0.717, 1.165) is 29.0 Å². The van der Waals surface area contributed by atoms with Crippen molar-refractivity contribution in [1.82, 2.24) is 19.7 Å². The number of anilines is 2. The second-order valence-electron chi connectivity index (χ2n) is 9.18. The standard InChI is InChI=1S/C29H30N6O3S/c1-4-8-22-25-26(35(3)34-22)29(37)33-27(32-25)19-16-17(11-13-23(19)38-5-2)15-18-12-14-24(39-18)28(36)31-21-10-7-6-9-20(21)30/h6-7,9-14,16H,4-5,8,15,30H2,1-3H3,(H,31,36)(H,32,33,37). The molecule has 0 fully saturated rings. The smallest absolute Gasteiger partial charge is 0.277 e. The topological polar surface area (TPSA) is 128 Å². The summed E-state index contributed by atoms with van der Waals surface area (Å²) in [6.45, 7) is 4.46. The lowest BCUT2D eigenvalue weighted by Gasteiger charge is -2.12. The van der Waals surface area contributed by atoms with E-state index in [2.05, 4.69) is 22.3 Å². The number of hydrogen-bond donors (Lipinski definition) is 3. The van der Waals surface area contributed by atoms with E-state index in [1.54, 1.807) is 23.9 Å². The highest BCUT2D eigenvalue weighted by atomic mass is 32.1. The Labute approximate surface area is 229 Å². The average molecular weight is 543 g/mol. The lowest BCUT2D eigenvalue weighted by Crippen LogP contribution is -2.13. The summed E-state index contributed by atoms with van der Waals surface area (Å²) in [5, 5.41) is 7.39. The fraction of sp³-hybridized carbons (Fsp3) is 0.241. The van der Waals surface area contributed by atoms with Gasteiger partial charge in [0.2, 0.25) is 0 Å². The van der Waals surface area contributed by atoms with Crippen LogP contribution in [0.2, 0.25) is 0 Å². The molecule has 0 bridgehead atoms. The number of nitrogens with two attached hydrogens (primary N) is 1. The van der Waals surface area contributed by atoms with Crippen molar-refractivity contribution in [3.63, 3.8) is 0 Å². The maximum absolute atomic E-state index is 13.0. The molecule has 0 saturated heterocycles. The van der Waals surface area contributed by atoms with Crippen LogP contribution in [0.5, 0.6) is 5.75 Å². The molecule has 0 unspecified atom stereocenters. The lowest BCUT2D eigenvalue weighted by molar-refractivity contribution is 0.103. The maximum Gasteiger partial charge on any atom is 0.277 e. The third kappa shape index (κ3) is 5.42. The van der Waals surface area contributed by atoms with E-state index in [-0.39, 0.29) is 11.5 Å². The van der Waals surface area contributed by atoms with Crippen molar-refractivity contribution in [3.8, 4) is 17.1 Å². The summed E-state index contributed by atoms with van der Waals surface area (Å²) in [7, 11) is 1.76. The van der Waals surface area contributed by atoms with Gasteiger partial charge < -0.3 is 20.8 Å². The fourth-order valence-corrected chi connectivity index (χ4v) is 5.46. The zero-order chi connectivity index (χ0) is 27.5. The number of carbonyl (C=O) groups is 1. The Morgan fingerprint density at radius 2 is 1.97 bits per heavy atom. The fourth-order valence-electron chi connectivity index (χ4n) is 4.52. The number of H-pyrrole nitrogens is 1. The molecule has 0 atom stereocenters. The van der Waals surface area contributed by atoms with Gasteiger partial charge in [-0.15, -0.1) is 11.3 Å². The minimum absolute atomic E-state index is 0.203. The summed E-state index contributed by atoms with van der Waals surface area (Å²) in [5.74, 6) is 0.872. The number of aryl methyl sites for hydroxylation is 2. The minimum atomic E-state index is -0.242. The molecule has 3 heterocycles. The van der Waals surface area contributed by atoms with Crippen LogP contribution < -0.4 is 21.3 Å². The number of nitrogens with one attached hydrogen (secondary N) is 2. The Kier molecular flexibility index (Phi) is 7.47. The Morgan fingerprint density at radius 1 is 1.15 bits per heavy atom. The van der Waals surface area contributed by atoms with E-state index in [0.29, 0.717) is 57.5 Å². The van der Waals surface area contributed by atoms with Gasteiger partial charge in [-0.05, 0) is 55.3 Å². The number of aromatic nitrogens is 4. The van der Waals surface area contributed by atoms with Crippen LogP contribution >= 0.6 is 11.3 Å². The third-order valence-corrected chi connectivity index (χ3v) is 7.41. The van der Waals surface area contributed by atoms with Crippen molar-refractivity contribution in [2.24, 2.45) is 7.05 Å². The van der Waals surface area contributed by atoms with Gasteiger partial charge in [-0.3, -0.25) is 14.3 Å². The molecule has 1 amide bonds. The zero-order valence-corrected chi connectivity index (χ0v) is 22.9. The number of hydrogen-bond acceptors (Lipinski definition) is 7. The van der Waals surface area contributed by atoms with E-state index >= 15 is 0 Å². The van der Waals surface area contributed by atoms with Crippen LogP contribution in [0.1, 0.15) is 46.1 Å². The second kappa shape index (κ2) is 11.1. The molecule has 0 aliphatic heterocycles. The van der Waals surface area contributed by atoms with Gasteiger partial charge in [0.05, 0.1) is 34.1 Å². The molecule has 0 saturated carbocycles. The molecule has 0 aliphatic carbocycles. The Balaban J connectivity index is 1.45. The van der Waals surface area contributed by atoms with Crippen molar-refractivity contribution < 1.29 is 9.53 Å². The molecule has 5 rings (SSSR count). The van der Waals surface area contributed by atoms with E-state index in [1.165, 1.54) is 11.3 Å². The number of ether oxygens (including phenoxy) is 1. The largest absolute Gasteiger partial charge is 0.493 e. The van der Waals surface area contributed by atoms with Gasteiger partial charge in [0.25, 0.3) is 11.5 Å². The summed E-state index contributed by atoms with van der Waals surface area (Å²) in [5.41, 5.74) is 10.4. The number of amides is 1. The molecule has 200 valence electrons. The maximum atomic E-state index is 13.0. The predicted octanol–water partition coefficient (Wildman–Crippen LogP) is 5.16. The number of rotatable bonds is 9. The highest BCUT2D eigenvalue weighted by Crippen LogP contribution is 2.31. The summed E-state index contributed by atoms with van der Waals surface area (Å²) in [6, 6.07) is 16.8. The van der Waals surface area contributed by atoms with Crippen LogP contribution in [0.25, 0.3) is 22.4 Å². The monoisotopic (exact) mass is 542 g/mol. The second-order valence-corrected chi connectivity index (χ2v) is 10.3. The van der Waals surface area contributed by atoms with Crippen LogP contribution in [-0.2, 0) is 19.9 Å². The van der Waals surface area contributed by atoms with Crippen molar-refractivity contribution in [3.05, 3.63) is 86.0 Å². The Bertz CT molecular complexity index is 1720. The highest BCUT2D eigenvalue weighted by Gasteiger charge is 2.18. The number of benzene rings is 2. The number of fused-ring (bicyclic) bond motifs is 1. The third-order valence-electron chi connectivity index (χ3n) is 6.32. The van der Waals surface area contributed by atoms with E-state index < -0.39 is 0 Å². The van der Waals surface area contributed by atoms with E-state index in [1.807, 2.05) is 49.4 Å². The molecule has 39 heavy (non-hydrogen) atoms. The molecule has 5 aromatic rings. The number of thiophene rings is 1. The first-order valence-corrected chi connectivity index (χ1v) is 13.7. The van der Waals surface area contributed by atoms with Crippen LogP contribution in [0.4, 0.5) is 11.4 Å². The number of para-hydroxylation sites is 2. The molecule has 2 aromatic carbocycles. The SMILES string of the molecule is CCCc1nn(C)c2c(=O)[nH]c(-c3cc(Cc4ccc(C(=O)Nc5ccccc5N)s4)ccc3OCC)nc12. The highest BCUT2D eigenvalue weighted by molar-refractivity contribution is 7.14. The molecule has 9 nitrogen and oxygen atoms in total. The average Bonchev–Trinajstić information content (AvgIpc) is 3.51. The molecule has 10 heteroatoms. The molecular weight excluding hydrogens is 512 g/mol. The predicted molar refractivity (Wildman–Crippen MR) is 156 cm³/mol. The van der Waals surface area contributed by atoms with Gasteiger partial charge in [0.15, 0.2) is 5.52 Å². The molecule has 0 radical (unpaired) electrons. The van der Waals surface area contributed by atoms with E-state index in [4.69, 9.17) is 15.5 Å². The summed E-state index contributed by atoms with van der Waals surface area (Å²) >= 11 is 1.42. The first-order valence-electron chi connectivity index (χ1n) is 12.8. The van der Waals surface area contributed by atoms with Gasteiger partial charge in [0.1, 0.15) is 17.1 Å². The van der Waals surface area contributed by atoms with Gasteiger partial charge in [0, 0.05) is 18.3 Å². The first kappa shape index (κ1) is 26.2. The number of carbonyl (C=O) groups excluding carboxylic acids is 1. The summed E-state index contributed by atoms with van der Waals surface area (Å²) < 4.78 is 7.48. The normalized spacial score (nSPS) is 11.2. The number of nitrogen functional groups attached to an aromatic ring is 1.